The quantitative estimate of drug-likeness (QED) is 0.334. The monoisotopic (exact) mass is 547 g/mol. The van der Waals surface area contributed by atoms with Crippen molar-refractivity contribution in [3.05, 3.63) is 112 Å². The fourth-order valence-electron chi connectivity index (χ4n) is 4.42. The first-order valence-corrected chi connectivity index (χ1v) is 9.56. The van der Waals surface area contributed by atoms with Crippen LogP contribution in [-0.4, -0.2) is 0 Å². The number of aryl methyl sites for hydroxylation is 1. The van der Waals surface area contributed by atoms with Gasteiger partial charge in [-0.2, -0.15) is 19.2 Å². The van der Waals surface area contributed by atoms with Gasteiger partial charge in [-0.1, -0.05) is 55.0 Å². The average molecular weight is 550 g/mol. The fraction of sp³-hybridized carbons (Fsp3) is 0.115. The van der Waals surface area contributed by atoms with Gasteiger partial charge in [0.2, 0.25) is 0 Å². The van der Waals surface area contributed by atoms with Gasteiger partial charge in [0.05, 0.1) is 5.56 Å². The number of hydrogen-bond acceptors (Lipinski definition) is 0. The molecule has 5 rings (SSSR count). The Hall–Kier alpha value is -1.74. The second kappa shape index (κ2) is 10.0. The van der Waals surface area contributed by atoms with Crippen molar-refractivity contribution in [3.63, 3.8) is 0 Å². The van der Waals surface area contributed by atoms with Crippen LogP contribution >= 0.6 is 0 Å². The third-order valence-electron chi connectivity index (χ3n) is 5.71. The van der Waals surface area contributed by atoms with Crippen molar-refractivity contribution in [1.82, 2.24) is 0 Å². The Morgan fingerprint density at radius 3 is 2.16 bits per heavy atom. The van der Waals surface area contributed by atoms with E-state index in [1.165, 1.54) is 39.6 Å². The Kier molecular flexibility index (Phi) is 8.32. The van der Waals surface area contributed by atoms with Gasteiger partial charge >= 0.3 is 32.4 Å². The van der Waals surface area contributed by atoms with Crippen LogP contribution in [0.3, 0.4) is 0 Å². The van der Waals surface area contributed by atoms with Crippen LogP contribution in [0.5, 0.6) is 0 Å². The molecule has 1 unspecified atom stereocenters. The van der Waals surface area contributed by atoms with Crippen molar-refractivity contribution in [2.45, 2.75) is 19.0 Å². The first-order chi connectivity index (χ1) is 13.9. The Balaban J connectivity index is 0.00000121. The number of hydrogen-bond donors (Lipinski definition) is 0. The maximum atomic E-state index is 13.0. The molecule has 0 aliphatic heterocycles. The maximum Gasteiger partial charge on any atom is 3.00 e. The van der Waals surface area contributed by atoms with E-state index in [1.807, 2.05) is 12.1 Å². The SMILES string of the molecule is Cc1cc2c(C3C(c4ccc(C(F)(F)F)cc4)=Cc4ccccc43)cccc2[cH-]1.[Cl-].[Cl-].[Zr+3]. The molecule has 0 nitrogen and oxygen atoms in total. The van der Waals surface area contributed by atoms with Gasteiger partial charge in [-0.05, 0) is 40.5 Å². The molecule has 161 valence electrons. The van der Waals surface area contributed by atoms with E-state index in [4.69, 9.17) is 0 Å². The van der Waals surface area contributed by atoms with E-state index in [1.54, 1.807) is 12.1 Å². The van der Waals surface area contributed by atoms with E-state index < -0.39 is 11.7 Å². The summed E-state index contributed by atoms with van der Waals surface area (Å²) in [5.74, 6) is -0.00608. The molecule has 0 N–H and O–H groups in total. The molecule has 0 bridgehead atoms. The Bertz CT molecular complexity index is 1250. The van der Waals surface area contributed by atoms with Gasteiger partial charge in [-0.3, -0.25) is 0 Å². The summed E-state index contributed by atoms with van der Waals surface area (Å²) < 4.78 is 39.0. The zero-order valence-corrected chi connectivity index (χ0v) is 21.0. The third kappa shape index (κ3) is 4.64. The number of allylic oxidation sites excluding steroid dienone is 1. The van der Waals surface area contributed by atoms with E-state index in [9.17, 15) is 13.2 Å². The summed E-state index contributed by atoms with van der Waals surface area (Å²) in [6.45, 7) is 2.08. The van der Waals surface area contributed by atoms with Crippen molar-refractivity contribution >= 4 is 22.4 Å². The van der Waals surface area contributed by atoms with Crippen molar-refractivity contribution in [1.29, 1.82) is 0 Å². The normalized spacial score (nSPS) is 14.6. The van der Waals surface area contributed by atoms with Crippen LogP contribution in [0.25, 0.3) is 22.4 Å². The fourth-order valence-corrected chi connectivity index (χ4v) is 4.42. The van der Waals surface area contributed by atoms with Gasteiger partial charge in [-0.25, -0.2) is 0 Å². The molecule has 0 fully saturated rings. The molecule has 0 heterocycles. The zero-order chi connectivity index (χ0) is 20.2. The molecule has 0 saturated carbocycles. The van der Waals surface area contributed by atoms with Crippen LogP contribution < -0.4 is 24.8 Å². The Morgan fingerprint density at radius 1 is 0.812 bits per heavy atom. The van der Waals surface area contributed by atoms with Crippen LogP contribution in [0.4, 0.5) is 13.2 Å². The maximum absolute atomic E-state index is 13.0. The van der Waals surface area contributed by atoms with E-state index >= 15 is 0 Å². The Morgan fingerprint density at radius 2 is 1.47 bits per heavy atom. The van der Waals surface area contributed by atoms with E-state index in [2.05, 4.69) is 55.5 Å². The van der Waals surface area contributed by atoms with Crippen molar-refractivity contribution < 1.29 is 64.2 Å². The minimum absolute atomic E-state index is 0. The number of rotatable bonds is 2. The van der Waals surface area contributed by atoms with Crippen LogP contribution in [-0.2, 0) is 32.4 Å². The number of benzene rings is 3. The Labute approximate surface area is 216 Å². The molecule has 32 heavy (non-hydrogen) atoms. The molecule has 1 aliphatic rings. The molecule has 1 atom stereocenters. The molecule has 0 aromatic heterocycles. The second-order valence-corrected chi connectivity index (χ2v) is 7.62. The first-order valence-electron chi connectivity index (χ1n) is 9.56. The minimum atomic E-state index is -4.33. The van der Waals surface area contributed by atoms with Crippen molar-refractivity contribution in [3.8, 4) is 0 Å². The predicted molar refractivity (Wildman–Crippen MR) is 112 cm³/mol. The van der Waals surface area contributed by atoms with Gasteiger partial charge in [-0.15, -0.1) is 34.5 Å². The molecule has 4 aromatic rings. The van der Waals surface area contributed by atoms with E-state index in [-0.39, 0.29) is 56.9 Å². The standard InChI is InChI=1S/C26H18F3.2ClH.Zr/c1-16-13-18-6-4-8-22(23(18)14-16)25-21-7-3-2-5-19(21)15-24(25)17-9-11-20(12-10-17)26(27,28)29;;;/h2-15,25H,1H3;2*1H;/q-1;;;+3/p-2. The van der Waals surface area contributed by atoms with Gasteiger partial charge in [0.25, 0.3) is 0 Å². The van der Waals surface area contributed by atoms with Crippen molar-refractivity contribution in [2.24, 2.45) is 0 Å². The molecular formula is C26H18Cl2F3Zr. The molecule has 6 heteroatoms. The summed E-state index contributed by atoms with van der Waals surface area (Å²) in [6, 6.07) is 24.4. The van der Waals surface area contributed by atoms with Crippen LogP contribution in [0.1, 0.15) is 39.3 Å². The van der Waals surface area contributed by atoms with Crippen molar-refractivity contribution in [2.75, 3.05) is 0 Å². The summed E-state index contributed by atoms with van der Waals surface area (Å²) in [4.78, 5) is 0. The first kappa shape index (κ1) is 26.5. The molecule has 0 spiro atoms. The summed E-state index contributed by atoms with van der Waals surface area (Å²) in [5, 5.41) is 2.39. The van der Waals surface area contributed by atoms with E-state index in [0.717, 1.165) is 16.7 Å². The van der Waals surface area contributed by atoms with Gasteiger partial charge in [0.1, 0.15) is 0 Å². The van der Waals surface area contributed by atoms with E-state index in [0.29, 0.717) is 0 Å². The van der Waals surface area contributed by atoms with Gasteiger partial charge in [0, 0.05) is 5.92 Å². The third-order valence-corrected chi connectivity index (χ3v) is 5.71. The van der Waals surface area contributed by atoms with Gasteiger partial charge < -0.3 is 24.8 Å². The summed E-state index contributed by atoms with van der Waals surface area (Å²) in [7, 11) is 0. The second-order valence-electron chi connectivity index (χ2n) is 7.62. The number of halogens is 5. The molecule has 4 aromatic carbocycles. The largest absolute Gasteiger partial charge is 3.00 e. The molecule has 1 radical (unpaired) electrons. The minimum Gasteiger partial charge on any atom is -1.00 e. The van der Waals surface area contributed by atoms with Crippen LogP contribution in [0, 0.1) is 6.92 Å². The van der Waals surface area contributed by atoms with Crippen LogP contribution in [0.15, 0.2) is 78.9 Å². The number of fused-ring (bicyclic) bond motifs is 2. The smallest absolute Gasteiger partial charge is 1.00 e. The summed E-state index contributed by atoms with van der Waals surface area (Å²) >= 11 is 0. The average Bonchev–Trinajstić information content (AvgIpc) is 3.27. The number of alkyl halides is 3. The zero-order valence-electron chi connectivity index (χ0n) is 17.1. The molecule has 0 amide bonds. The topological polar surface area (TPSA) is 0 Å². The summed E-state index contributed by atoms with van der Waals surface area (Å²) in [6.07, 6.45) is -2.22. The molecule has 1 aliphatic carbocycles. The summed E-state index contributed by atoms with van der Waals surface area (Å²) in [5.41, 5.74) is 5.93. The molecular weight excluding hydrogens is 531 g/mol. The molecule has 0 saturated heterocycles. The van der Waals surface area contributed by atoms with Gasteiger partial charge in [0.15, 0.2) is 0 Å². The van der Waals surface area contributed by atoms with Crippen LogP contribution in [0.2, 0.25) is 0 Å². The predicted octanol–water partition coefficient (Wildman–Crippen LogP) is 1.58.